The lowest BCUT2D eigenvalue weighted by atomic mass is 9.97. The van der Waals surface area contributed by atoms with E-state index >= 15 is 0 Å². The number of piperazine rings is 1. The molecule has 9 heteroatoms. The summed E-state index contributed by atoms with van der Waals surface area (Å²) in [4.78, 5) is 25.8. The van der Waals surface area contributed by atoms with Gasteiger partial charge in [-0.3, -0.25) is 9.48 Å². The van der Waals surface area contributed by atoms with Crippen molar-refractivity contribution in [3.8, 4) is 11.3 Å². The molecule has 1 amide bonds. The molecule has 2 aliphatic heterocycles. The SMILES string of the molecule is C=C(C)N=C1N=C(N2CCN(C(=O)c3ccc(-c4cn(CC(C)(C)C)nn4)cc3)C[C@@H]2C)OC1=C. The van der Waals surface area contributed by atoms with Gasteiger partial charge in [0.1, 0.15) is 5.69 Å². The van der Waals surface area contributed by atoms with Crippen LogP contribution in [0, 0.1) is 5.41 Å². The fourth-order valence-corrected chi connectivity index (χ4v) is 4.11. The maximum Gasteiger partial charge on any atom is 0.300 e. The molecule has 0 N–H and O–H groups in total. The van der Waals surface area contributed by atoms with Crippen molar-refractivity contribution in [1.82, 2.24) is 24.8 Å². The first-order chi connectivity index (χ1) is 16.5. The Bertz CT molecular complexity index is 1200. The summed E-state index contributed by atoms with van der Waals surface area (Å²) in [5, 5.41) is 8.52. The van der Waals surface area contributed by atoms with Crippen LogP contribution in [0.2, 0.25) is 0 Å². The average molecular weight is 476 g/mol. The van der Waals surface area contributed by atoms with Crippen molar-refractivity contribution in [2.75, 3.05) is 19.6 Å². The van der Waals surface area contributed by atoms with Crippen molar-refractivity contribution >= 4 is 17.8 Å². The van der Waals surface area contributed by atoms with Crippen molar-refractivity contribution in [2.45, 2.75) is 47.2 Å². The molecule has 0 saturated carbocycles. The van der Waals surface area contributed by atoms with Crippen molar-refractivity contribution in [1.29, 1.82) is 0 Å². The molecule has 9 nitrogen and oxygen atoms in total. The summed E-state index contributed by atoms with van der Waals surface area (Å²) in [7, 11) is 0. The van der Waals surface area contributed by atoms with E-state index in [4.69, 9.17) is 4.74 Å². The number of rotatable bonds is 4. The van der Waals surface area contributed by atoms with E-state index in [2.05, 4.69) is 54.2 Å². The summed E-state index contributed by atoms with van der Waals surface area (Å²) < 4.78 is 7.60. The van der Waals surface area contributed by atoms with Gasteiger partial charge in [0.2, 0.25) is 0 Å². The molecule has 0 aliphatic carbocycles. The fraction of sp³-hybridized carbons (Fsp3) is 0.423. The van der Waals surface area contributed by atoms with Crippen LogP contribution in [0.5, 0.6) is 0 Å². The van der Waals surface area contributed by atoms with Gasteiger partial charge in [0.15, 0.2) is 11.6 Å². The first kappa shape index (κ1) is 24.4. The molecule has 0 unspecified atom stereocenters. The normalized spacial score (nSPS) is 19.7. The molecule has 2 aromatic rings. The third-order valence-corrected chi connectivity index (χ3v) is 5.73. The first-order valence-electron chi connectivity index (χ1n) is 11.8. The molecule has 2 aliphatic rings. The van der Waals surface area contributed by atoms with Gasteiger partial charge in [0.05, 0.1) is 6.20 Å². The van der Waals surface area contributed by atoms with Crippen molar-refractivity contribution in [3.05, 3.63) is 60.6 Å². The van der Waals surface area contributed by atoms with Gasteiger partial charge in [-0.15, -0.1) is 5.10 Å². The predicted molar refractivity (Wildman–Crippen MR) is 137 cm³/mol. The lowest BCUT2D eigenvalue weighted by Crippen LogP contribution is -2.55. The molecular formula is C26H33N7O2. The monoisotopic (exact) mass is 475 g/mol. The van der Waals surface area contributed by atoms with Crippen molar-refractivity contribution < 1.29 is 9.53 Å². The Labute approximate surface area is 206 Å². The lowest BCUT2D eigenvalue weighted by molar-refractivity contribution is 0.0605. The fourth-order valence-electron chi connectivity index (χ4n) is 4.11. The Morgan fingerprint density at radius 3 is 2.57 bits per heavy atom. The summed E-state index contributed by atoms with van der Waals surface area (Å²) in [6.07, 6.45) is 1.94. The van der Waals surface area contributed by atoms with E-state index in [1.165, 1.54) is 0 Å². The van der Waals surface area contributed by atoms with Crippen LogP contribution < -0.4 is 0 Å². The summed E-state index contributed by atoms with van der Waals surface area (Å²) in [6.45, 7) is 20.5. The highest BCUT2D eigenvalue weighted by atomic mass is 16.5. The van der Waals surface area contributed by atoms with Gasteiger partial charge < -0.3 is 14.5 Å². The standard InChI is InChI=1S/C26H33N7O2/c1-17(2)27-23-19(4)35-25(28-23)33-13-12-31(14-18(33)3)24(34)21-10-8-20(9-11-21)22-15-32(30-29-22)16-26(5,6)7/h8-11,15,18H,1,4,12-14,16H2,2-3,5-7H3/t18-/m0/s1. The predicted octanol–water partition coefficient (Wildman–Crippen LogP) is 3.97. The number of carbonyl (C=O) groups is 1. The topological polar surface area (TPSA) is 88.2 Å². The molecule has 35 heavy (non-hydrogen) atoms. The van der Waals surface area contributed by atoms with Crippen LogP contribution in [0.25, 0.3) is 11.3 Å². The Morgan fingerprint density at radius 1 is 1.23 bits per heavy atom. The number of benzene rings is 1. The number of allylic oxidation sites excluding steroid dienone is 1. The number of hydrogen-bond donors (Lipinski definition) is 0. The Morgan fingerprint density at radius 2 is 1.94 bits per heavy atom. The molecule has 1 aromatic carbocycles. The van der Waals surface area contributed by atoms with E-state index in [1.54, 1.807) is 6.92 Å². The van der Waals surface area contributed by atoms with Crippen LogP contribution in [0.15, 0.2) is 65.1 Å². The van der Waals surface area contributed by atoms with Crippen LogP contribution in [-0.4, -0.2) is 68.2 Å². The third-order valence-electron chi connectivity index (χ3n) is 5.73. The highest BCUT2D eigenvalue weighted by molar-refractivity contribution is 6.09. The van der Waals surface area contributed by atoms with Gasteiger partial charge in [0, 0.05) is 49.0 Å². The molecule has 1 atom stereocenters. The van der Waals surface area contributed by atoms with E-state index < -0.39 is 0 Å². The quantitative estimate of drug-likeness (QED) is 0.668. The lowest BCUT2D eigenvalue weighted by Gasteiger charge is -2.39. The van der Waals surface area contributed by atoms with Crippen LogP contribution >= 0.6 is 0 Å². The maximum atomic E-state index is 13.2. The molecular weight excluding hydrogens is 442 g/mol. The van der Waals surface area contributed by atoms with Gasteiger partial charge in [-0.05, 0) is 31.4 Å². The van der Waals surface area contributed by atoms with Crippen molar-refractivity contribution in [2.24, 2.45) is 15.4 Å². The molecule has 0 spiro atoms. The molecule has 0 bridgehead atoms. The summed E-state index contributed by atoms with van der Waals surface area (Å²) in [5.41, 5.74) is 3.13. The van der Waals surface area contributed by atoms with Gasteiger partial charge in [0.25, 0.3) is 11.9 Å². The zero-order valence-electron chi connectivity index (χ0n) is 21.2. The van der Waals surface area contributed by atoms with Crippen LogP contribution in [0.1, 0.15) is 45.0 Å². The van der Waals surface area contributed by atoms with E-state index in [9.17, 15) is 4.79 Å². The van der Waals surface area contributed by atoms with E-state index in [0.717, 1.165) is 17.8 Å². The first-order valence-corrected chi connectivity index (χ1v) is 11.8. The molecule has 1 saturated heterocycles. The third kappa shape index (κ3) is 5.67. The molecule has 184 valence electrons. The van der Waals surface area contributed by atoms with Crippen LogP contribution in [0.4, 0.5) is 0 Å². The van der Waals surface area contributed by atoms with E-state index in [-0.39, 0.29) is 17.4 Å². The van der Waals surface area contributed by atoms with E-state index in [0.29, 0.717) is 48.5 Å². The number of aromatic nitrogens is 3. The molecule has 0 radical (unpaired) electrons. The number of ether oxygens (including phenoxy) is 1. The van der Waals surface area contributed by atoms with Gasteiger partial charge in [-0.2, -0.15) is 4.99 Å². The number of aliphatic imine (C=N–C) groups is 2. The Kier molecular flexibility index (Phi) is 6.60. The number of carbonyl (C=O) groups excluding carboxylic acids is 1. The zero-order chi connectivity index (χ0) is 25.3. The maximum absolute atomic E-state index is 13.2. The summed E-state index contributed by atoms with van der Waals surface area (Å²) >= 11 is 0. The van der Waals surface area contributed by atoms with Gasteiger partial charge in [-0.1, -0.05) is 51.3 Å². The van der Waals surface area contributed by atoms with Gasteiger partial charge >= 0.3 is 0 Å². The minimum absolute atomic E-state index is 0.00246. The number of amidine groups is 2. The second-order valence-electron chi connectivity index (χ2n) is 10.3. The number of amides is 1. The largest absolute Gasteiger partial charge is 0.422 e. The minimum atomic E-state index is 0.00246. The molecule has 1 fully saturated rings. The van der Waals surface area contributed by atoms with Gasteiger partial charge in [-0.25, -0.2) is 4.99 Å². The molecule has 3 heterocycles. The Balaban J connectivity index is 1.40. The van der Waals surface area contributed by atoms with Crippen molar-refractivity contribution in [3.63, 3.8) is 0 Å². The summed E-state index contributed by atoms with van der Waals surface area (Å²) in [5.74, 6) is 0.853. The second-order valence-corrected chi connectivity index (χ2v) is 10.3. The highest BCUT2D eigenvalue weighted by Crippen LogP contribution is 2.23. The Hall–Kier alpha value is -3.75. The van der Waals surface area contributed by atoms with E-state index in [1.807, 2.05) is 51.9 Å². The average Bonchev–Trinajstić information content (AvgIpc) is 3.38. The molecule has 1 aromatic heterocycles. The zero-order valence-corrected chi connectivity index (χ0v) is 21.2. The minimum Gasteiger partial charge on any atom is -0.422 e. The second kappa shape index (κ2) is 9.48. The smallest absolute Gasteiger partial charge is 0.300 e. The number of hydrogen-bond acceptors (Lipinski definition) is 6. The van der Waals surface area contributed by atoms with Crippen LogP contribution in [-0.2, 0) is 11.3 Å². The highest BCUT2D eigenvalue weighted by Gasteiger charge is 2.33. The van der Waals surface area contributed by atoms with Crippen LogP contribution in [0.3, 0.4) is 0 Å². The summed E-state index contributed by atoms with van der Waals surface area (Å²) in [6, 6.07) is 8.05. The molecule has 4 rings (SSSR count). The number of nitrogens with zero attached hydrogens (tertiary/aromatic N) is 7.